The first-order valence-electron chi connectivity index (χ1n) is 8.09. The minimum atomic E-state index is -0.0960. The topological polar surface area (TPSA) is 88.7 Å². The lowest BCUT2D eigenvalue weighted by Crippen LogP contribution is -2.24. The van der Waals surface area contributed by atoms with Crippen LogP contribution < -0.4 is 16.4 Å². The quantitative estimate of drug-likeness (QED) is 0.331. The van der Waals surface area contributed by atoms with Gasteiger partial charge in [0.1, 0.15) is 0 Å². The molecule has 0 heterocycles. The van der Waals surface area contributed by atoms with Crippen LogP contribution in [0.4, 0.5) is 5.69 Å². The first-order chi connectivity index (χ1) is 12.1. The first-order valence-corrected chi connectivity index (χ1v) is 8.09. The van der Waals surface area contributed by atoms with Crippen molar-refractivity contribution in [2.75, 3.05) is 26.0 Å². The van der Waals surface area contributed by atoms with Gasteiger partial charge >= 0.3 is 0 Å². The molecule has 0 aromatic heterocycles. The van der Waals surface area contributed by atoms with E-state index < -0.39 is 0 Å². The third-order valence-electron chi connectivity index (χ3n) is 3.68. The number of aliphatic imine (C=N–C) groups is 1. The van der Waals surface area contributed by atoms with Gasteiger partial charge in [-0.2, -0.15) is 0 Å². The molecule has 0 spiro atoms. The van der Waals surface area contributed by atoms with Crippen molar-refractivity contribution < 1.29 is 9.53 Å². The second-order valence-corrected chi connectivity index (χ2v) is 5.51. The van der Waals surface area contributed by atoms with Crippen LogP contribution in [-0.2, 0) is 17.8 Å². The molecular formula is C19H25IN4O2. The molecule has 6 nitrogen and oxygen atoms in total. The van der Waals surface area contributed by atoms with Gasteiger partial charge in [0.15, 0.2) is 5.96 Å². The lowest BCUT2D eigenvalue weighted by atomic mass is 10.1. The Balaban J connectivity index is 0.00000338. The molecule has 0 aliphatic carbocycles. The van der Waals surface area contributed by atoms with Crippen LogP contribution in [0.15, 0.2) is 53.5 Å². The summed E-state index contributed by atoms with van der Waals surface area (Å²) in [6.45, 7) is 1.03. The minimum Gasteiger partial charge on any atom is -0.380 e. The SMILES string of the molecule is CNC(=O)c1cccc(CCN=C(N)Nc2ccccc2COC)c1.I. The van der Waals surface area contributed by atoms with Crippen molar-refractivity contribution in [3.05, 3.63) is 65.2 Å². The molecule has 2 rings (SSSR count). The summed E-state index contributed by atoms with van der Waals surface area (Å²) in [5, 5.41) is 5.72. The van der Waals surface area contributed by atoms with Crippen molar-refractivity contribution in [2.24, 2.45) is 10.7 Å². The third kappa shape index (κ3) is 6.64. The van der Waals surface area contributed by atoms with Crippen LogP contribution >= 0.6 is 24.0 Å². The van der Waals surface area contributed by atoms with Gasteiger partial charge in [0.2, 0.25) is 0 Å². The lowest BCUT2D eigenvalue weighted by molar-refractivity contribution is 0.0963. The van der Waals surface area contributed by atoms with Crippen LogP contribution in [0.5, 0.6) is 0 Å². The fraction of sp³-hybridized carbons (Fsp3) is 0.263. The second-order valence-electron chi connectivity index (χ2n) is 5.51. The monoisotopic (exact) mass is 468 g/mol. The maximum atomic E-state index is 11.7. The molecule has 0 atom stereocenters. The number of rotatable bonds is 7. The molecular weight excluding hydrogens is 443 g/mol. The van der Waals surface area contributed by atoms with E-state index in [2.05, 4.69) is 15.6 Å². The van der Waals surface area contributed by atoms with Crippen molar-refractivity contribution in [1.82, 2.24) is 5.32 Å². The average molecular weight is 468 g/mol. The molecule has 0 saturated carbocycles. The summed E-state index contributed by atoms with van der Waals surface area (Å²) in [5.41, 5.74) is 9.55. The predicted octanol–water partition coefficient (Wildman–Crippen LogP) is 2.78. The number of benzene rings is 2. The molecule has 0 bridgehead atoms. The Morgan fingerprint density at radius 3 is 2.69 bits per heavy atom. The van der Waals surface area contributed by atoms with Crippen molar-refractivity contribution in [2.45, 2.75) is 13.0 Å². The molecule has 140 valence electrons. The number of para-hydroxylation sites is 1. The van der Waals surface area contributed by atoms with Gasteiger partial charge in [-0.15, -0.1) is 24.0 Å². The van der Waals surface area contributed by atoms with Crippen LogP contribution in [-0.4, -0.2) is 32.6 Å². The normalized spacial score (nSPS) is 10.8. The highest BCUT2D eigenvalue weighted by atomic mass is 127. The van der Waals surface area contributed by atoms with Crippen molar-refractivity contribution in [3.8, 4) is 0 Å². The summed E-state index contributed by atoms with van der Waals surface area (Å²) in [4.78, 5) is 16.0. The maximum Gasteiger partial charge on any atom is 0.251 e. The van der Waals surface area contributed by atoms with Crippen LogP contribution in [0, 0.1) is 0 Å². The maximum absolute atomic E-state index is 11.7. The molecule has 2 aromatic carbocycles. The number of anilines is 1. The van der Waals surface area contributed by atoms with Crippen LogP contribution in [0.3, 0.4) is 0 Å². The van der Waals surface area contributed by atoms with E-state index in [0.29, 0.717) is 31.1 Å². The fourth-order valence-electron chi connectivity index (χ4n) is 2.42. The minimum absolute atomic E-state index is 0. The van der Waals surface area contributed by atoms with Gasteiger partial charge in [-0.25, -0.2) is 0 Å². The number of amides is 1. The molecule has 0 radical (unpaired) electrons. The van der Waals surface area contributed by atoms with E-state index in [4.69, 9.17) is 10.5 Å². The van der Waals surface area contributed by atoms with Crippen LogP contribution in [0.1, 0.15) is 21.5 Å². The van der Waals surface area contributed by atoms with E-state index >= 15 is 0 Å². The van der Waals surface area contributed by atoms with E-state index in [0.717, 1.165) is 16.8 Å². The number of hydrogen-bond donors (Lipinski definition) is 3. The third-order valence-corrected chi connectivity index (χ3v) is 3.68. The first kappa shape index (κ1) is 21.9. The molecule has 4 N–H and O–H groups in total. The lowest BCUT2D eigenvalue weighted by Gasteiger charge is -2.11. The van der Waals surface area contributed by atoms with Crippen molar-refractivity contribution >= 4 is 41.5 Å². The molecule has 0 aliphatic rings. The van der Waals surface area contributed by atoms with E-state index in [1.54, 1.807) is 20.2 Å². The summed E-state index contributed by atoms with van der Waals surface area (Å²) in [5.74, 6) is 0.257. The van der Waals surface area contributed by atoms with E-state index in [9.17, 15) is 4.79 Å². The zero-order chi connectivity index (χ0) is 18.1. The number of halogens is 1. The average Bonchev–Trinajstić information content (AvgIpc) is 2.63. The summed E-state index contributed by atoms with van der Waals surface area (Å²) in [7, 11) is 3.27. The summed E-state index contributed by atoms with van der Waals surface area (Å²) in [6, 6.07) is 15.3. The molecule has 26 heavy (non-hydrogen) atoms. The number of carbonyl (C=O) groups is 1. The fourth-order valence-corrected chi connectivity index (χ4v) is 2.42. The summed E-state index contributed by atoms with van der Waals surface area (Å²) < 4.78 is 5.18. The van der Waals surface area contributed by atoms with Gasteiger partial charge in [0.25, 0.3) is 5.91 Å². The van der Waals surface area contributed by atoms with Crippen LogP contribution in [0.25, 0.3) is 0 Å². The highest BCUT2D eigenvalue weighted by Gasteiger charge is 2.04. The van der Waals surface area contributed by atoms with E-state index in [1.165, 1.54) is 0 Å². The Bertz CT molecular complexity index is 750. The number of nitrogens with one attached hydrogen (secondary N) is 2. The highest BCUT2D eigenvalue weighted by Crippen LogP contribution is 2.15. The van der Waals surface area contributed by atoms with Gasteiger partial charge in [-0.05, 0) is 30.2 Å². The van der Waals surface area contributed by atoms with E-state index in [1.807, 2.05) is 42.5 Å². The predicted molar refractivity (Wildman–Crippen MR) is 116 cm³/mol. The number of guanidine groups is 1. The van der Waals surface area contributed by atoms with Crippen molar-refractivity contribution in [3.63, 3.8) is 0 Å². The molecule has 0 aliphatic heterocycles. The largest absolute Gasteiger partial charge is 0.380 e. The molecule has 1 amide bonds. The van der Waals surface area contributed by atoms with Crippen molar-refractivity contribution in [1.29, 1.82) is 0 Å². The zero-order valence-corrected chi connectivity index (χ0v) is 17.3. The number of nitrogens with zero attached hydrogens (tertiary/aromatic N) is 1. The number of methoxy groups -OCH3 is 1. The Kier molecular flexibility index (Phi) is 9.67. The Labute approximate surface area is 171 Å². The van der Waals surface area contributed by atoms with E-state index in [-0.39, 0.29) is 29.9 Å². The smallest absolute Gasteiger partial charge is 0.251 e. The zero-order valence-electron chi connectivity index (χ0n) is 15.0. The molecule has 0 saturated heterocycles. The molecule has 7 heteroatoms. The molecule has 0 fully saturated rings. The van der Waals surface area contributed by atoms with Crippen LogP contribution in [0.2, 0.25) is 0 Å². The number of hydrogen-bond acceptors (Lipinski definition) is 3. The molecule has 0 unspecified atom stereocenters. The van der Waals surface area contributed by atoms with Gasteiger partial charge < -0.3 is 21.1 Å². The number of nitrogens with two attached hydrogens (primary N) is 1. The Morgan fingerprint density at radius 2 is 1.96 bits per heavy atom. The number of carbonyl (C=O) groups excluding carboxylic acids is 1. The number of ether oxygens (including phenoxy) is 1. The molecule has 2 aromatic rings. The van der Waals surface area contributed by atoms with Gasteiger partial charge in [-0.1, -0.05) is 30.3 Å². The van der Waals surface area contributed by atoms with Gasteiger partial charge in [-0.3, -0.25) is 9.79 Å². The standard InChI is InChI=1S/C19H24N4O2.HI/c1-21-18(24)15-8-5-6-14(12-15)10-11-22-19(20)23-17-9-4-3-7-16(17)13-25-2;/h3-9,12H,10-11,13H2,1-2H3,(H,21,24)(H3,20,22,23);1H. The second kappa shape index (κ2) is 11.5. The summed E-state index contributed by atoms with van der Waals surface area (Å²) in [6.07, 6.45) is 0.701. The summed E-state index contributed by atoms with van der Waals surface area (Å²) >= 11 is 0. The van der Waals surface area contributed by atoms with Gasteiger partial charge in [0, 0.05) is 37.5 Å². The van der Waals surface area contributed by atoms with Gasteiger partial charge in [0.05, 0.1) is 6.61 Å². The Morgan fingerprint density at radius 1 is 1.19 bits per heavy atom. The Hall–Kier alpha value is -2.13. The highest BCUT2D eigenvalue weighted by molar-refractivity contribution is 14.0.